The summed E-state index contributed by atoms with van der Waals surface area (Å²) in [4.78, 5) is 12.4. The predicted octanol–water partition coefficient (Wildman–Crippen LogP) is 2.78. The summed E-state index contributed by atoms with van der Waals surface area (Å²) < 4.78 is 20.6. The Balaban J connectivity index is 1.78. The van der Waals surface area contributed by atoms with Crippen LogP contribution >= 0.6 is 11.6 Å². The summed E-state index contributed by atoms with van der Waals surface area (Å²) in [5.74, 6) is -0.809. The molecular weight excluding hydrogens is 321 g/mol. The molecule has 0 saturated carbocycles. The number of carbonyl (C=O) groups is 1. The van der Waals surface area contributed by atoms with Crippen molar-refractivity contribution >= 4 is 17.5 Å². The second-order valence-corrected chi connectivity index (χ2v) is 6.00. The van der Waals surface area contributed by atoms with Gasteiger partial charge in [0, 0.05) is 24.9 Å². The van der Waals surface area contributed by atoms with Crippen LogP contribution < -0.4 is 5.32 Å². The Hall–Kier alpha value is -1.92. The Bertz CT molecular complexity index is 747. The first-order valence-electron chi connectivity index (χ1n) is 7.33. The molecule has 3 rings (SSSR count). The van der Waals surface area contributed by atoms with Crippen LogP contribution in [0.5, 0.6) is 0 Å². The number of nitrogens with one attached hydrogen (secondary N) is 1. The lowest BCUT2D eigenvalue weighted by molar-refractivity contribution is 0.0819. The van der Waals surface area contributed by atoms with Crippen LogP contribution in [0.1, 0.15) is 34.1 Å². The van der Waals surface area contributed by atoms with Crippen molar-refractivity contribution in [2.75, 3.05) is 6.61 Å². The van der Waals surface area contributed by atoms with Gasteiger partial charge in [-0.05, 0) is 31.5 Å². The normalized spacial score (nSPS) is 20.7. The molecule has 23 heavy (non-hydrogen) atoms. The summed E-state index contributed by atoms with van der Waals surface area (Å²) in [5.41, 5.74) is 2.21. The Morgan fingerprint density at radius 1 is 1.52 bits per heavy atom. The molecule has 2 atom stereocenters. The van der Waals surface area contributed by atoms with Crippen molar-refractivity contribution in [1.29, 1.82) is 0 Å². The third-order valence-corrected chi connectivity index (χ3v) is 4.48. The molecule has 5 nitrogen and oxygen atoms in total. The summed E-state index contributed by atoms with van der Waals surface area (Å²) in [7, 11) is 1.86. The molecule has 2 heterocycles. The number of carbonyl (C=O) groups excluding carboxylic acids is 1. The molecule has 7 heteroatoms. The molecule has 1 aromatic carbocycles. The number of amides is 1. The summed E-state index contributed by atoms with van der Waals surface area (Å²) >= 11 is 5.95. The lowest BCUT2D eigenvalue weighted by Gasteiger charge is -2.20. The maximum atomic E-state index is 13.1. The molecular formula is C16H17ClFN3O2. The number of hydrogen-bond donors (Lipinski definition) is 1. The highest BCUT2D eigenvalue weighted by Gasteiger charge is 2.33. The number of aryl methyl sites for hydroxylation is 1. The highest BCUT2D eigenvalue weighted by Crippen LogP contribution is 2.31. The predicted molar refractivity (Wildman–Crippen MR) is 83.9 cm³/mol. The monoisotopic (exact) mass is 337 g/mol. The van der Waals surface area contributed by atoms with Gasteiger partial charge in [0.2, 0.25) is 0 Å². The van der Waals surface area contributed by atoms with E-state index >= 15 is 0 Å². The Kier molecular flexibility index (Phi) is 4.37. The molecule has 1 fully saturated rings. The first kappa shape index (κ1) is 16.0. The zero-order valence-electron chi connectivity index (χ0n) is 12.8. The lowest BCUT2D eigenvalue weighted by atomic mass is 10.0. The largest absolute Gasteiger partial charge is 0.371 e. The van der Waals surface area contributed by atoms with E-state index in [9.17, 15) is 9.18 Å². The molecule has 1 aliphatic rings. The van der Waals surface area contributed by atoms with E-state index in [0.29, 0.717) is 13.0 Å². The van der Waals surface area contributed by atoms with Gasteiger partial charge in [-0.2, -0.15) is 5.10 Å². The van der Waals surface area contributed by atoms with Gasteiger partial charge >= 0.3 is 0 Å². The van der Waals surface area contributed by atoms with Gasteiger partial charge in [-0.3, -0.25) is 9.48 Å². The first-order valence-corrected chi connectivity index (χ1v) is 7.71. The lowest BCUT2D eigenvalue weighted by Crippen LogP contribution is -2.37. The Labute approximate surface area is 138 Å². The number of hydrogen-bond acceptors (Lipinski definition) is 3. The van der Waals surface area contributed by atoms with Gasteiger partial charge in [0.25, 0.3) is 5.91 Å². The SMILES string of the molecule is Cc1c([C@H]2OCC[C@@H]2NC(=O)c2ccc(F)cc2Cl)cnn1C. The average Bonchev–Trinajstić information content (AvgIpc) is 3.07. The van der Waals surface area contributed by atoms with Gasteiger partial charge in [-0.25, -0.2) is 4.39 Å². The van der Waals surface area contributed by atoms with Crippen molar-refractivity contribution in [3.63, 3.8) is 0 Å². The fourth-order valence-electron chi connectivity index (χ4n) is 2.76. The number of benzene rings is 1. The zero-order chi connectivity index (χ0) is 16.6. The first-order chi connectivity index (χ1) is 11.0. The second kappa shape index (κ2) is 6.29. The molecule has 0 radical (unpaired) electrons. The topological polar surface area (TPSA) is 56.1 Å². The minimum atomic E-state index is -0.473. The van der Waals surface area contributed by atoms with Crippen LogP contribution in [0.4, 0.5) is 4.39 Å². The maximum Gasteiger partial charge on any atom is 0.253 e. The van der Waals surface area contributed by atoms with E-state index < -0.39 is 5.82 Å². The maximum absolute atomic E-state index is 13.1. The number of aromatic nitrogens is 2. The van der Waals surface area contributed by atoms with Crippen LogP contribution in [0.3, 0.4) is 0 Å². The minimum absolute atomic E-state index is 0.0931. The van der Waals surface area contributed by atoms with Crippen LogP contribution in [0.25, 0.3) is 0 Å². The molecule has 0 bridgehead atoms. The number of ether oxygens (including phenoxy) is 1. The third-order valence-electron chi connectivity index (χ3n) is 4.16. The van der Waals surface area contributed by atoms with E-state index in [2.05, 4.69) is 10.4 Å². The molecule has 2 aromatic rings. The van der Waals surface area contributed by atoms with Crippen molar-refractivity contribution in [2.24, 2.45) is 7.05 Å². The molecule has 1 saturated heterocycles. The highest BCUT2D eigenvalue weighted by molar-refractivity contribution is 6.33. The van der Waals surface area contributed by atoms with Crippen molar-refractivity contribution in [1.82, 2.24) is 15.1 Å². The molecule has 1 aliphatic heterocycles. The quantitative estimate of drug-likeness (QED) is 0.937. The molecule has 0 spiro atoms. The Morgan fingerprint density at radius 2 is 2.30 bits per heavy atom. The van der Waals surface area contributed by atoms with Gasteiger partial charge in [0.15, 0.2) is 0 Å². The molecule has 1 amide bonds. The molecule has 0 aliphatic carbocycles. The van der Waals surface area contributed by atoms with Crippen molar-refractivity contribution in [2.45, 2.75) is 25.5 Å². The second-order valence-electron chi connectivity index (χ2n) is 5.59. The van der Waals surface area contributed by atoms with E-state index in [1.54, 1.807) is 10.9 Å². The standard InChI is InChI=1S/C16H17ClFN3O2/c1-9-12(8-19-21(9)2)15-14(5-6-23-15)20-16(22)11-4-3-10(18)7-13(11)17/h3-4,7-8,14-15H,5-6H2,1-2H3,(H,20,22)/t14-,15+/m0/s1. The van der Waals surface area contributed by atoms with E-state index in [1.165, 1.54) is 12.1 Å². The highest BCUT2D eigenvalue weighted by atomic mass is 35.5. The van der Waals surface area contributed by atoms with Crippen molar-refractivity contribution in [3.8, 4) is 0 Å². The molecule has 1 aromatic heterocycles. The van der Waals surface area contributed by atoms with Gasteiger partial charge < -0.3 is 10.1 Å². The fourth-order valence-corrected chi connectivity index (χ4v) is 3.01. The zero-order valence-corrected chi connectivity index (χ0v) is 13.6. The number of rotatable bonds is 3. The van der Waals surface area contributed by atoms with E-state index in [-0.39, 0.29) is 28.6 Å². The summed E-state index contributed by atoms with van der Waals surface area (Å²) in [6.07, 6.45) is 2.21. The minimum Gasteiger partial charge on any atom is -0.371 e. The summed E-state index contributed by atoms with van der Waals surface area (Å²) in [5, 5.41) is 7.24. The Morgan fingerprint density at radius 3 is 2.96 bits per heavy atom. The van der Waals surface area contributed by atoms with Gasteiger partial charge in [0.1, 0.15) is 11.9 Å². The fraction of sp³-hybridized carbons (Fsp3) is 0.375. The van der Waals surface area contributed by atoms with E-state index in [1.807, 2.05) is 14.0 Å². The summed E-state index contributed by atoms with van der Waals surface area (Å²) in [6, 6.07) is 3.55. The molecule has 122 valence electrons. The van der Waals surface area contributed by atoms with E-state index in [4.69, 9.17) is 16.3 Å². The van der Waals surface area contributed by atoms with Gasteiger partial charge in [0.05, 0.1) is 22.8 Å². The van der Waals surface area contributed by atoms with Crippen LogP contribution in [0, 0.1) is 12.7 Å². The van der Waals surface area contributed by atoms with Crippen LogP contribution in [0.15, 0.2) is 24.4 Å². The summed E-state index contributed by atoms with van der Waals surface area (Å²) in [6.45, 7) is 2.51. The molecule has 1 N–H and O–H groups in total. The number of halogens is 2. The van der Waals surface area contributed by atoms with Gasteiger partial charge in [-0.15, -0.1) is 0 Å². The van der Waals surface area contributed by atoms with Crippen molar-refractivity contribution < 1.29 is 13.9 Å². The van der Waals surface area contributed by atoms with Crippen molar-refractivity contribution in [3.05, 3.63) is 52.1 Å². The smallest absolute Gasteiger partial charge is 0.253 e. The van der Waals surface area contributed by atoms with Gasteiger partial charge in [-0.1, -0.05) is 11.6 Å². The third kappa shape index (κ3) is 3.09. The average molecular weight is 338 g/mol. The number of nitrogens with zero attached hydrogens (tertiary/aromatic N) is 2. The molecule has 0 unspecified atom stereocenters. The van der Waals surface area contributed by atoms with Crippen LogP contribution in [0.2, 0.25) is 5.02 Å². The van der Waals surface area contributed by atoms with E-state index in [0.717, 1.165) is 17.3 Å². The van der Waals surface area contributed by atoms with Crippen LogP contribution in [-0.4, -0.2) is 28.3 Å². The van der Waals surface area contributed by atoms with Crippen LogP contribution in [-0.2, 0) is 11.8 Å².